The monoisotopic (exact) mass is 339 g/mol. The van der Waals surface area contributed by atoms with Gasteiger partial charge in [0.15, 0.2) is 0 Å². The van der Waals surface area contributed by atoms with Crippen LogP contribution in [0, 0.1) is 0 Å². The van der Waals surface area contributed by atoms with E-state index in [0.717, 1.165) is 27.0 Å². The molecule has 1 aromatic carbocycles. The van der Waals surface area contributed by atoms with Gasteiger partial charge in [0, 0.05) is 16.1 Å². The van der Waals surface area contributed by atoms with Gasteiger partial charge < -0.3 is 4.74 Å². The van der Waals surface area contributed by atoms with E-state index in [2.05, 4.69) is 31.1 Å². The van der Waals surface area contributed by atoms with Crippen LogP contribution in [0.4, 0.5) is 0 Å². The average molecular weight is 340 g/mol. The molecule has 0 unspecified atom stereocenters. The molecule has 0 saturated heterocycles. The number of nitrogens with one attached hydrogen (secondary N) is 1. The fraction of sp³-hybridized carbons (Fsp3) is 0.385. The average Bonchev–Trinajstić information content (AvgIpc) is 3.17. The van der Waals surface area contributed by atoms with Crippen molar-refractivity contribution in [2.75, 3.05) is 12.4 Å². The SMILES string of the molecule is Brc1ccc(OCCSc2n[nH]c(C3CC3)n2)cc1. The summed E-state index contributed by atoms with van der Waals surface area (Å²) in [4.78, 5) is 4.46. The van der Waals surface area contributed by atoms with Crippen molar-refractivity contribution in [3.8, 4) is 5.75 Å². The predicted octanol–water partition coefficient (Wildman–Crippen LogP) is 3.62. The summed E-state index contributed by atoms with van der Waals surface area (Å²) in [5.74, 6) is 3.40. The molecule has 0 bridgehead atoms. The van der Waals surface area contributed by atoms with E-state index in [0.29, 0.717) is 12.5 Å². The fourth-order valence-corrected chi connectivity index (χ4v) is 2.57. The first-order valence-corrected chi connectivity index (χ1v) is 8.02. The number of aromatic amines is 1. The highest BCUT2D eigenvalue weighted by molar-refractivity contribution is 9.10. The summed E-state index contributed by atoms with van der Waals surface area (Å²) >= 11 is 5.02. The Balaban J connectivity index is 1.41. The van der Waals surface area contributed by atoms with Gasteiger partial charge in [0.2, 0.25) is 5.16 Å². The van der Waals surface area contributed by atoms with Crippen molar-refractivity contribution in [3.63, 3.8) is 0 Å². The third-order valence-corrected chi connectivity index (χ3v) is 4.18. The third kappa shape index (κ3) is 3.73. The number of nitrogens with zero attached hydrogens (tertiary/aromatic N) is 2. The van der Waals surface area contributed by atoms with Gasteiger partial charge in [-0.3, -0.25) is 5.10 Å². The molecule has 3 rings (SSSR count). The maximum atomic E-state index is 5.64. The summed E-state index contributed by atoms with van der Waals surface area (Å²) in [6.07, 6.45) is 2.48. The van der Waals surface area contributed by atoms with Gasteiger partial charge in [-0.1, -0.05) is 27.7 Å². The molecule has 0 atom stereocenters. The molecule has 19 heavy (non-hydrogen) atoms. The first kappa shape index (κ1) is 13.0. The van der Waals surface area contributed by atoms with Crippen LogP contribution in [0.3, 0.4) is 0 Å². The molecule has 1 aliphatic carbocycles. The number of H-pyrrole nitrogens is 1. The van der Waals surface area contributed by atoms with Crippen molar-refractivity contribution in [2.24, 2.45) is 0 Å². The lowest BCUT2D eigenvalue weighted by Gasteiger charge is -2.04. The van der Waals surface area contributed by atoms with E-state index in [1.807, 2.05) is 24.3 Å². The Morgan fingerprint density at radius 3 is 2.84 bits per heavy atom. The number of benzene rings is 1. The highest BCUT2D eigenvalue weighted by Crippen LogP contribution is 2.38. The molecule has 0 amide bonds. The van der Waals surface area contributed by atoms with E-state index in [1.165, 1.54) is 12.8 Å². The number of aromatic nitrogens is 3. The maximum absolute atomic E-state index is 5.64. The quantitative estimate of drug-likeness (QED) is 0.645. The van der Waals surface area contributed by atoms with Crippen LogP contribution >= 0.6 is 27.7 Å². The van der Waals surface area contributed by atoms with E-state index in [-0.39, 0.29) is 0 Å². The van der Waals surface area contributed by atoms with Gasteiger partial charge in [0.25, 0.3) is 0 Å². The zero-order valence-corrected chi connectivity index (χ0v) is 12.7. The second-order valence-corrected chi connectivity index (χ2v) is 6.41. The number of hydrogen-bond acceptors (Lipinski definition) is 4. The van der Waals surface area contributed by atoms with Crippen LogP contribution < -0.4 is 4.74 Å². The van der Waals surface area contributed by atoms with Gasteiger partial charge in [0.1, 0.15) is 11.6 Å². The molecule has 1 saturated carbocycles. The van der Waals surface area contributed by atoms with E-state index in [1.54, 1.807) is 11.8 Å². The summed E-state index contributed by atoms with van der Waals surface area (Å²) in [5, 5.41) is 8.02. The van der Waals surface area contributed by atoms with Crippen LogP contribution in [0.1, 0.15) is 24.6 Å². The molecule has 100 valence electrons. The lowest BCUT2D eigenvalue weighted by Crippen LogP contribution is -2.00. The molecule has 2 aromatic rings. The van der Waals surface area contributed by atoms with Crippen molar-refractivity contribution in [2.45, 2.75) is 23.9 Å². The molecule has 0 spiro atoms. The number of halogens is 1. The summed E-state index contributed by atoms with van der Waals surface area (Å²) in [6, 6.07) is 7.85. The Morgan fingerprint density at radius 2 is 2.11 bits per heavy atom. The largest absolute Gasteiger partial charge is 0.493 e. The standard InChI is InChI=1S/C13H14BrN3OS/c14-10-3-5-11(6-4-10)18-7-8-19-13-15-12(16-17-13)9-1-2-9/h3-6,9H,1-2,7-8H2,(H,15,16,17). The van der Waals surface area contributed by atoms with Gasteiger partial charge in [0.05, 0.1) is 6.61 Å². The first-order valence-electron chi connectivity index (χ1n) is 6.25. The molecule has 1 fully saturated rings. The maximum Gasteiger partial charge on any atom is 0.208 e. The molecular formula is C13H14BrN3OS. The molecule has 1 aliphatic rings. The fourth-order valence-electron chi connectivity index (χ4n) is 1.69. The molecule has 4 nitrogen and oxygen atoms in total. The number of thioether (sulfide) groups is 1. The number of ether oxygens (including phenoxy) is 1. The summed E-state index contributed by atoms with van der Waals surface area (Å²) in [5.41, 5.74) is 0. The van der Waals surface area contributed by atoms with Crippen LogP contribution in [-0.4, -0.2) is 27.5 Å². The second kappa shape index (κ2) is 5.96. The lowest BCUT2D eigenvalue weighted by atomic mass is 10.3. The predicted molar refractivity (Wildman–Crippen MR) is 78.7 cm³/mol. The van der Waals surface area contributed by atoms with Crippen molar-refractivity contribution >= 4 is 27.7 Å². The Kier molecular flexibility index (Phi) is 4.08. The lowest BCUT2D eigenvalue weighted by molar-refractivity contribution is 0.344. The molecule has 1 heterocycles. The van der Waals surface area contributed by atoms with Crippen molar-refractivity contribution < 1.29 is 4.74 Å². The van der Waals surface area contributed by atoms with E-state index in [4.69, 9.17) is 4.74 Å². The summed E-state index contributed by atoms with van der Waals surface area (Å²) in [7, 11) is 0. The van der Waals surface area contributed by atoms with Gasteiger partial charge in [-0.25, -0.2) is 4.98 Å². The number of rotatable bonds is 6. The highest BCUT2D eigenvalue weighted by Gasteiger charge is 2.27. The van der Waals surface area contributed by atoms with Crippen LogP contribution in [0.5, 0.6) is 5.75 Å². The minimum Gasteiger partial charge on any atom is -0.493 e. The summed E-state index contributed by atoms with van der Waals surface area (Å²) < 4.78 is 6.70. The Labute approximate surface area is 124 Å². The van der Waals surface area contributed by atoms with E-state index >= 15 is 0 Å². The van der Waals surface area contributed by atoms with Crippen LogP contribution in [-0.2, 0) is 0 Å². The zero-order valence-electron chi connectivity index (χ0n) is 10.3. The van der Waals surface area contributed by atoms with Gasteiger partial charge in [-0.15, -0.1) is 5.10 Å². The molecule has 0 radical (unpaired) electrons. The normalized spacial score (nSPS) is 14.6. The highest BCUT2D eigenvalue weighted by atomic mass is 79.9. The Morgan fingerprint density at radius 1 is 1.32 bits per heavy atom. The van der Waals surface area contributed by atoms with E-state index < -0.39 is 0 Å². The third-order valence-electron chi connectivity index (χ3n) is 2.84. The molecule has 0 aliphatic heterocycles. The minimum absolute atomic E-state index is 0.626. The summed E-state index contributed by atoms with van der Waals surface area (Å²) in [6.45, 7) is 0.652. The minimum atomic E-state index is 0.626. The number of hydrogen-bond donors (Lipinski definition) is 1. The van der Waals surface area contributed by atoms with Crippen molar-refractivity contribution in [1.82, 2.24) is 15.2 Å². The Bertz CT molecular complexity index is 539. The molecular weight excluding hydrogens is 326 g/mol. The second-order valence-electron chi connectivity index (χ2n) is 4.43. The van der Waals surface area contributed by atoms with Crippen molar-refractivity contribution in [1.29, 1.82) is 0 Å². The van der Waals surface area contributed by atoms with Crippen LogP contribution in [0.15, 0.2) is 33.9 Å². The zero-order chi connectivity index (χ0) is 13.1. The van der Waals surface area contributed by atoms with Gasteiger partial charge in [-0.2, -0.15) is 0 Å². The Hall–Kier alpha value is -1.01. The molecule has 1 N–H and O–H groups in total. The van der Waals surface area contributed by atoms with Crippen LogP contribution in [0.25, 0.3) is 0 Å². The van der Waals surface area contributed by atoms with E-state index in [9.17, 15) is 0 Å². The first-order chi connectivity index (χ1) is 9.31. The smallest absolute Gasteiger partial charge is 0.208 e. The van der Waals surface area contributed by atoms with Crippen molar-refractivity contribution in [3.05, 3.63) is 34.6 Å². The topological polar surface area (TPSA) is 50.8 Å². The van der Waals surface area contributed by atoms with Crippen LogP contribution in [0.2, 0.25) is 0 Å². The molecule has 6 heteroatoms. The van der Waals surface area contributed by atoms with Gasteiger partial charge in [-0.05, 0) is 37.1 Å². The molecule has 1 aromatic heterocycles. The van der Waals surface area contributed by atoms with Gasteiger partial charge >= 0.3 is 0 Å².